The highest BCUT2D eigenvalue weighted by atomic mass is 16.3. The second-order valence-electron chi connectivity index (χ2n) is 21.0. The first kappa shape index (κ1) is 54.6. The van der Waals surface area contributed by atoms with E-state index < -0.39 is 0 Å². The number of carbonyl (C=O) groups is 2. The van der Waals surface area contributed by atoms with Gasteiger partial charge in [0.25, 0.3) is 11.8 Å². The molecule has 2 atom stereocenters. The van der Waals surface area contributed by atoms with Gasteiger partial charge in [-0.05, 0) is 136 Å². The fraction of sp³-hybridized carbons (Fsp3) is 0.387. The fourth-order valence-corrected chi connectivity index (χ4v) is 11.5. The molecule has 16 nitrogen and oxygen atoms in total. The normalized spacial score (nSPS) is 18.1. The van der Waals surface area contributed by atoms with E-state index in [0.29, 0.717) is 73.6 Å². The Morgan fingerprint density at radius 3 is 1.27 bits per heavy atom. The molecule has 404 valence electrons. The first-order chi connectivity index (χ1) is 38.0. The number of hydrogen-bond acceptors (Lipinski definition) is 14. The fourth-order valence-electron chi connectivity index (χ4n) is 11.5. The molecule has 6 aromatic rings. The first-order valence-corrected chi connectivity index (χ1v) is 27.4. The standard InChI is InChI=1S/2C31H36N6O2/c2*1-22-17-23(2)28(34-25-10-13-35(14-11-25)29-8-4-3-7-24(29)19-32)18-27(22)31(39)36-15-16-37(26(20-36)21-38)30-9-5-6-12-33-30/h2*3-9,12,17-18,25-26,34,38H,10-11,13-16,20-21H2,1-2H3/t2*26-/m10/s1. The number of hydrogen-bond donors (Lipinski definition) is 4. The van der Waals surface area contributed by atoms with Crippen molar-refractivity contribution in [2.75, 3.05) is 109 Å². The molecule has 0 unspecified atom stereocenters. The van der Waals surface area contributed by atoms with Gasteiger partial charge in [0.2, 0.25) is 0 Å². The summed E-state index contributed by atoms with van der Waals surface area (Å²) in [4.78, 5) is 48.7. The van der Waals surface area contributed by atoms with Crippen molar-refractivity contribution in [1.29, 1.82) is 10.5 Å². The van der Waals surface area contributed by atoms with Gasteiger partial charge >= 0.3 is 0 Å². The number of piperidine rings is 2. The highest BCUT2D eigenvalue weighted by Gasteiger charge is 2.33. The average Bonchev–Trinajstić information content (AvgIpc) is 3.49. The van der Waals surface area contributed by atoms with Crippen LogP contribution >= 0.6 is 0 Å². The molecule has 10 rings (SSSR count). The minimum Gasteiger partial charge on any atom is -0.394 e. The molecule has 4 saturated heterocycles. The molecule has 0 radical (unpaired) electrons. The van der Waals surface area contributed by atoms with Gasteiger partial charge in [0, 0.05) is 112 Å². The van der Waals surface area contributed by atoms with Crippen LogP contribution in [0.5, 0.6) is 0 Å². The summed E-state index contributed by atoms with van der Waals surface area (Å²) in [6.45, 7) is 14.8. The van der Waals surface area contributed by atoms with Crippen LogP contribution in [0.25, 0.3) is 0 Å². The van der Waals surface area contributed by atoms with Gasteiger partial charge in [-0.25, -0.2) is 9.97 Å². The number of nitriles is 2. The molecule has 0 bridgehead atoms. The summed E-state index contributed by atoms with van der Waals surface area (Å²) in [7, 11) is 0. The van der Waals surface area contributed by atoms with Crippen LogP contribution in [0.4, 0.5) is 34.4 Å². The number of nitrogens with zero attached hydrogens (tertiary/aromatic N) is 10. The number of amides is 2. The Hall–Kier alpha value is -8.18. The van der Waals surface area contributed by atoms with Crippen LogP contribution in [0.1, 0.15) is 79.8 Å². The van der Waals surface area contributed by atoms with Gasteiger partial charge in [0.05, 0.1) is 47.8 Å². The number of nitrogens with one attached hydrogen (secondary N) is 2. The van der Waals surface area contributed by atoms with Crippen molar-refractivity contribution in [3.8, 4) is 12.1 Å². The predicted molar refractivity (Wildman–Crippen MR) is 309 cm³/mol. The Labute approximate surface area is 459 Å². The zero-order valence-electron chi connectivity index (χ0n) is 45.4. The number of anilines is 6. The maximum Gasteiger partial charge on any atom is 0.254 e. The van der Waals surface area contributed by atoms with Crippen LogP contribution in [-0.2, 0) is 0 Å². The van der Waals surface area contributed by atoms with E-state index in [0.717, 1.165) is 109 Å². The summed E-state index contributed by atoms with van der Waals surface area (Å²) < 4.78 is 0. The lowest BCUT2D eigenvalue weighted by Crippen LogP contribution is -2.56. The van der Waals surface area contributed by atoms with Crippen LogP contribution in [0, 0.1) is 50.4 Å². The maximum absolute atomic E-state index is 13.7. The number of aliphatic hydroxyl groups excluding tert-OH is 2. The van der Waals surface area contributed by atoms with Crippen LogP contribution in [0.3, 0.4) is 0 Å². The average molecular weight is 1050 g/mol. The molecule has 0 saturated carbocycles. The Bertz CT molecular complexity index is 2900. The van der Waals surface area contributed by atoms with Crippen molar-refractivity contribution in [1.82, 2.24) is 19.8 Å². The van der Waals surface area contributed by atoms with Gasteiger partial charge in [0.15, 0.2) is 0 Å². The predicted octanol–water partition coefficient (Wildman–Crippen LogP) is 7.95. The van der Waals surface area contributed by atoms with E-state index >= 15 is 0 Å². The van der Waals surface area contributed by atoms with Gasteiger partial charge in [-0.2, -0.15) is 10.5 Å². The monoisotopic (exact) mass is 1050 g/mol. The van der Waals surface area contributed by atoms with Crippen molar-refractivity contribution < 1.29 is 19.8 Å². The molecule has 4 aliphatic rings. The molecule has 4 N–H and O–H groups in total. The molecule has 4 aliphatic heterocycles. The van der Waals surface area contributed by atoms with Crippen LogP contribution in [0.15, 0.2) is 122 Å². The van der Waals surface area contributed by atoms with Crippen LogP contribution in [-0.4, -0.2) is 145 Å². The Balaban J connectivity index is 0.000000190. The van der Waals surface area contributed by atoms with Crippen LogP contribution in [0.2, 0.25) is 0 Å². The van der Waals surface area contributed by atoms with E-state index in [2.05, 4.69) is 78.3 Å². The number of rotatable bonds is 12. The van der Waals surface area contributed by atoms with Crippen molar-refractivity contribution in [2.24, 2.45) is 0 Å². The first-order valence-electron chi connectivity index (χ1n) is 27.4. The largest absolute Gasteiger partial charge is 0.394 e. The number of aromatic nitrogens is 2. The molecular weight excluding hydrogens is 977 g/mol. The summed E-state index contributed by atoms with van der Waals surface area (Å²) in [6.07, 6.45) is 7.29. The second-order valence-corrected chi connectivity index (χ2v) is 21.0. The number of aryl methyl sites for hydroxylation is 4. The minimum atomic E-state index is -0.197. The summed E-state index contributed by atoms with van der Waals surface area (Å²) in [5.41, 5.74) is 11.0. The molecule has 4 fully saturated rings. The smallest absolute Gasteiger partial charge is 0.254 e. The van der Waals surface area contributed by atoms with Gasteiger partial charge in [-0.1, -0.05) is 48.5 Å². The number of carbonyl (C=O) groups excluding carboxylic acids is 2. The Morgan fingerprint density at radius 2 is 0.910 bits per heavy atom. The summed E-state index contributed by atoms with van der Waals surface area (Å²) in [6, 6.07) is 40.0. The number of pyridine rings is 2. The summed E-state index contributed by atoms with van der Waals surface area (Å²) >= 11 is 0. The van der Waals surface area contributed by atoms with Crippen LogP contribution < -0.4 is 30.2 Å². The van der Waals surface area contributed by atoms with E-state index in [9.17, 15) is 30.3 Å². The molecule has 2 aromatic heterocycles. The third-order valence-electron chi connectivity index (χ3n) is 15.9. The summed E-state index contributed by atoms with van der Waals surface area (Å²) in [5.74, 6) is 1.64. The minimum absolute atomic E-state index is 0.00222. The lowest BCUT2D eigenvalue weighted by molar-refractivity contribution is 0.0690. The number of aliphatic hydroxyl groups is 2. The molecule has 6 heterocycles. The van der Waals surface area contributed by atoms with Crippen molar-refractivity contribution in [3.05, 3.63) is 166 Å². The van der Waals surface area contributed by atoms with Gasteiger partial charge in [-0.3, -0.25) is 9.59 Å². The van der Waals surface area contributed by atoms with E-state index in [4.69, 9.17) is 0 Å². The zero-order valence-corrected chi connectivity index (χ0v) is 45.4. The molecule has 0 aliphatic carbocycles. The molecular formula is C62H72N12O4. The highest BCUT2D eigenvalue weighted by molar-refractivity contribution is 5.98. The highest BCUT2D eigenvalue weighted by Crippen LogP contribution is 2.31. The number of para-hydroxylation sites is 2. The van der Waals surface area contributed by atoms with Crippen molar-refractivity contribution in [2.45, 2.75) is 77.5 Å². The number of benzene rings is 4. The van der Waals surface area contributed by atoms with Gasteiger partial charge < -0.3 is 50.2 Å². The zero-order chi connectivity index (χ0) is 54.7. The Morgan fingerprint density at radius 1 is 0.526 bits per heavy atom. The van der Waals surface area contributed by atoms with E-state index in [1.807, 2.05) is 121 Å². The van der Waals surface area contributed by atoms with E-state index in [1.54, 1.807) is 12.4 Å². The lowest BCUT2D eigenvalue weighted by Gasteiger charge is -2.41. The molecule has 2 amide bonds. The van der Waals surface area contributed by atoms with Gasteiger partial charge in [0.1, 0.15) is 23.8 Å². The molecule has 4 aromatic carbocycles. The maximum atomic E-state index is 13.7. The topological polar surface area (TPSA) is 191 Å². The van der Waals surface area contributed by atoms with E-state index in [1.165, 1.54) is 0 Å². The molecule has 0 spiro atoms. The van der Waals surface area contributed by atoms with E-state index in [-0.39, 0.29) is 37.1 Å². The second kappa shape index (κ2) is 25.3. The Kier molecular flexibility index (Phi) is 17.7. The molecule has 78 heavy (non-hydrogen) atoms. The van der Waals surface area contributed by atoms with Gasteiger partial charge in [-0.15, -0.1) is 0 Å². The molecule has 16 heteroatoms. The number of piperazine rings is 2. The lowest BCUT2D eigenvalue weighted by atomic mass is 9.99. The third kappa shape index (κ3) is 12.5. The third-order valence-corrected chi connectivity index (χ3v) is 15.9. The SMILES string of the molecule is Cc1cc(C)c(C(=O)N2CCN(c3ccccn3)[C@@H](CO)C2)cc1NC1CCN(c2ccccc2C#N)CC1.Cc1cc(C)c(C(=O)N2CCN(c3ccccn3)[C@H](CO)C2)cc1NC1CCN(c2ccccc2C#N)CC1. The summed E-state index contributed by atoms with van der Waals surface area (Å²) in [5, 5.41) is 46.5. The van der Waals surface area contributed by atoms with Crippen molar-refractivity contribution in [3.63, 3.8) is 0 Å². The van der Waals surface area contributed by atoms with Crippen molar-refractivity contribution >= 4 is 46.2 Å². The quantitative estimate of drug-likeness (QED) is 0.0924.